The van der Waals surface area contributed by atoms with Gasteiger partial charge in [-0.15, -0.1) is 10.2 Å². The summed E-state index contributed by atoms with van der Waals surface area (Å²) in [5.41, 5.74) is 3.56. The van der Waals surface area contributed by atoms with Gasteiger partial charge in [-0.25, -0.2) is 0 Å². The molecule has 3 aromatic carbocycles. The summed E-state index contributed by atoms with van der Waals surface area (Å²) in [4.78, 5) is 13.0. The molecule has 5 aromatic rings. The second-order valence-corrected chi connectivity index (χ2v) is 8.61. The Hall–Kier alpha value is -4.17. The Morgan fingerprint density at radius 2 is 1.67 bits per heavy atom. The lowest BCUT2D eigenvalue weighted by Gasteiger charge is -2.12. The molecular weight excluding hydrogens is 489 g/mol. The third-order valence-electron chi connectivity index (χ3n) is 5.80. The first-order chi connectivity index (χ1) is 17.2. The molecule has 0 saturated carbocycles. The summed E-state index contributed by atoms with van der Waals surface area (Å²) in [5, 5.41) is 11.7. The number of carbonyl (C=O) groups excluding carboxylic acids is 1. The molecule has 0 aliphatic carbocycles. The minimum absolute atomic E-state index is 0.328. The molecule has 180 valence electrons. The van der Waals surface area contributed by atoms with Gasteiger partial charge < -0.3 is 5.32 Å². The van der Waals surface area contributed by atoms with E-state index in [4.69, 9.17) is 11.6 Å². The van der Waals surface area contributed by atoms with E-state index >= 15 is 0 Å². The summed E-state index contributed by atoms with van der Waals surface area (Å²) in [7, 11) is 0. The van der Waals surface area contributed by atoms with Crippen molar-refractivity contribution in [3.63, 3.8) is 0 Å². The predicted molar refractivity (Wildman–Crippen MR) is 133 cm³/mol. The summed E-state index contributed by atoms with van der Waals surface area (Å²) in [5.74, 6) is 0.217. The molecule has 0 spiro atoms. The number of carbonyl (C=O) groups is 1. The molecule has 0 fully saturated rings. The predicted octanol–water partition coefficient (Wildman–Crippen LogP) is 7.30. The summed E-state index contributed by atoms with van der Waals surface area (Å²) in [6, 6.07) is 20.7. The third-order valence-corrected chi connectivity index (χ3v) is 6.13. The first-order valence-electron chi connectivity index (χ1n) is 10.9. The molecule has 9 heteroatoms. The molecule has 1 amide bonds. The molecule has 2 heterocycles. The van der Waals surface area contributed by atoms with Gasteiger partial charge in [-0.3, -0.25) is 9.20 Å². The van der Waals surface area contributed by atoms with Crippen molar-refractivity contribution in [3.05, 3.63) is 107 Å². The van der Waals surface area contributed by atoms with Crippen LogP contribution in [-0.4, -0.2) is 20.5 Å². The Bertz CT molecular complexity index is 1590. The van der Waals surface area contributed by atoms with Gasteiger partial charge in [-0.05, 0) is 72.1 Å². The largest absolute Gasteiger partial charge is 0.416 e. The number of pyridine rings is 1. The van der Waals surface area contributed by atoms with Crippen molar-refractivity contribution in [2.45, 2.75) is 13.1 Å². The number of hydrogen-bond donors (Lipinski definition) is 1. The summed E-state index contributed by atoms with van der Waals surface area (Å²) in [6.45, 7) is 1.78. The molecule has 0 saturated heterocycles. The van der Waals surface area contributed by atoms with Crippen LogP contribution in [0.1, 0.15) is 21.5 Å². The van der Waals surface area contributed by atoms with Crippen molar-refractivity contribution < 1.29 is 18.0 Å². The molecule has 1 N–H and O–H groups in total. The lowest BCUT2D eigenvalue weighted by Crippen LogP contribution is -2.13. The van der Waals surface area contributed by atoms with E-state index in [9.17, 15) is 18.0 Å². The number of rotatable bonds is 4. The standard InChI is InChI=1S/C27H18ClF3N4O/c1-16-14-18(17-5-8-19(9-6-17)27(29,30)31)7-11-21(16)26(36)32-20-10-12-23(28)22(15-20)25-34-33-24-4-2-3-13-35(24)25/h2-15H,1H3,(H,32,36). The molecule has 5 nitrogen and oxygen atoms in total. The number of aryl methyl sites for hydroxylation is 1. The van der Waals surface area contributed by atoms with Crippen LogP contribution in [-0.2, 0) is 6.18 Å². The zero-order valence-corrected chi connectivity index (χ0v) is 19.6. The lowest BCUT2D eigenvalue weighted by atomic mass is 9.98. The van der Waals surface area contributed by atoms with Crippen molar-refractivity contribution in [3.8, 4) is 22.5 Å². The fourth-order valence-electron chi connectivity index (χ4n) is 3.95. The molecule has 0 radical (unpaired) electrons. The molecule has 5 rings (SSSR count). The van der Waals surface area contributed by atoms with Crippen LogP contribution < -0.4 is 5.32 Å². The quantitative estimate of drug-likeness (QED) is 0.278. The Kier molecular flexibility index (Phi) is 5.97. The van der Waals surface area contributed by atoms with E-state index in [0.29, 0.717) is 50.0 Å². The summed E-state index contributed by atoms with van der Waals surface area (Å²) >= 11 is 6.42. The van der Waals surface area contributed by atoms with E-state index < -0.39 is 11.7 Å². The zero-order valence-electron chi connectivity index (χ0n) is 18.8. The first kappa shape index (κ1) is 23.6. The van der Waals surface area contributed by atoms with Crippen molar-refractivity contribution in [1.82, 2.24) is 14.6 Å². The van der Waals surface area contributed by atoms with E-state index in [1.807, 2.05) is 24.4 Å². The third kappa shape index (κ3) is 4.55. The van der Waals surface area contributed by atoms with Crippen molar-refractivity contribution in [1.29, 1.82) is 0 Å². The number of nitrogens with one attached hydrogen (secondary N) is 1. The highest BCUT2D eigenvalue weighted by Crippen LogP contribution is 2.32. The van der Waals surface area contributed by atoms with Gasteiger partial charge in [0.2, 0.25) is 0 Å². The number of nitrogens with zero attached hydrogens (tertiary/aromatic N) is 3. The smallest absolute Gasteiger partial charge is 0.322 e. The van der Waals surface area contributed by atoms with E-state index in [1.54, 1.807) is 47.7 Å². The van der Waals surface area contributed by atoms with Gasteiger partial charge in [0.15, 0.2) is 11.5 Å². The number of alkyl halides is 3. The second kappa shape index (κ2) is 9.13. The molecule has 0 aliphatic rings. The molecule has 0 atom stereocenters. The Morgan fingerprint density at radius 1 is 0.917 bits per heavy atom. The van der Waals surface area contributed by atoms with E-state index in [1.165, 1.54) is 12.1 Å². The van der Waals surface area contributed by atoms with Crippen LogP contribution in [0, 0.1) is 6.92 Å². The number of hydrogen-bond acceptors (Lipinski definition) is 3. The van der Waals surface area contributed by atoms with Gasteiger partial charge in [-0.2, -0.15) is 13.2 Å². The Morgan fingerprint density at radius 3 is 2.39 bits per heavy atom. The Balaban J connectivity index is 1.39. The second-order valence-electron chi connectivity index (χ2n) is 8.21. The maximum Gasteiger partial charge on any atom is 0.416 e. The van der Waals surface area contributed by atoms with E-state index in [2.05, 4.69) is 15.5 Å². The lowest BCUT2D eigenvalue weighted by molar-refractivity contribution is -0.137. The number of fused-ring (bicyclic) bond motifs is 1. The average Bonchev–Trinajstić information content (AvgIpc) is 3.28. The van der Waals surface area contributed by atoms with Gasteiger partial charge in [0.1, 0.15) is 0 Å². The van der Waals surface area contributed by atoms with Crippen LogP contribution in [0.5, 0.6) is 0 Å². The summed E-state index contributed by atoms with van der Waals surface area (Å²) in [6.07, 6.45) is -2.56. The normalized spacial score (nSPS) is 11.6. The highest BCUT2D eigenvalue weighted by molar-refractivity contribution is 6.33. The van der Waals surface area contributed by atoms with Gasteiger partial charge in [0.25, 0.3) is 5.91 Å². The number of amides is 1. The molecule has 36 heavy (non-hydrogen) atoms. The van der Waals surface area contributed by atoms with Crippen molar-refractivity contribution in [2.75, 3.05) is 5.32 Å². The highest BCUT2D eigenvalue weighted by Gasteiger charge is 2.30. The van der Waals surface area contributed by atoms with Crippen LogP contribution in [0.2, 0.25) is 5.02 Å². The SMILES string of the molecule is Cc1cc(-c2ccc(C(F)(F)F)cc2)ccc1C(=O)Nc1ccc(Cl)c(-c2nnc3ccccn23)c1. The molecule has 0 bridgehead atoms. The molecular formula is C27H18ClF3N4O. The highest BCUT2D eigenvalue weighted by atomic mass is 35.5. The van der Waals surface area contributed by atoms with Crippen LogP contribution >= 0.6 is 11.6 Å². The van der Waals surface area contributed by atoms with E-state index in [-0.39, 0.29) is 5.91 Å². The molecule has 2 aromatic heterocycles. The van der Waals surface area contributed by atoms with Crippen LogP contribution in [0.3, 0.4) is 0 Å². The van der Waals surface area contributed by atoms with Gasteiger partial charge in [0, 0.05) is 23.0 Å². The number of aromatic nitrogens is 3. The fourth-order valence-corrected chi connectivity index (χ4v) is 4.15. The minimum atomic E-state index is -4.39. The summed E-state index contributed by atoms with van der Waals surface area (Å²) < 4.78 is 40.3. The fraction of sp³-hybridized carbons (Fsp3) is 0.0741. The topological polar surface area (TPSA) is 59.3 Å². The molecule has 0 aliphatic heterocycles. The average molecular weight is 507 g/mol. The maximum atomic E-state index is 13.0. The molecule has 0 unspecified atom stereocenters. The number of benzene rings is 3. The maximum absolute atomic E-state index is 13.0. The van der Waals surface area contributed by atoms with Gasteiger partial charge >= 0.3 is 6.18 Å². The first-order valence-corrected chi connectivity index (χ1v) is 11.3. The monoisotopic (exact) mass is 506 g/mol. The van der Waals surface area contributed by atoms with Crippen LogP contribution in [0.4, 0.5) is 18.9 Å². The van der Waals surface area contributed by atoms with Crippen molar-refractivity contribution in [2.24, 2.45) is 0 Å². The van der Waals surface area contributed by atoms with Crippen LogP contribution in [0.15, 0.2) is 85.1 Å². The van der Waals surface area contributed by atoms with Gasteiger partial charge in [-0.1, -0.05) is 41.9 Å². The van der Waals surface area contributed by atoms with Gasteiger partial charge in [0.05, 0.1) is 10.6 Å². The van der Waals surface area contributed by atoms with Crippen LogP contribution in [0.25, 0.3) is 28.2 Å². The Labute approximate surface area is 209 Å². The van der Waals surface area contributed by atoms with E-state index in [0.717, 1.165) is 12.1 Å². The number of halogens is 4. The zero-order chi connectivity index (χ0) is 25.4. The number of anilines is 1. The minimum Gasteiger partial charge on any atom is -0.322 e. The van der Waals surface area contributed by atoms with Crippen molar-refractivity contribution >= 4 is 28.8 Å².